The molecule has 6 nitrogen and oxygen atoms in total. The number of carbonyl (C=O) groups excluding carboxylic acids is 2. The third-order valence-electron chi connectivity index (χ3n) is 2.86. The molecule has 0 saturated heterocycles. The van der Waals surface area contributed by atoms with Crippen molar-refractivity contribution in [3.63, 3.8) is 0 Å². The zero-order valence-electron chi connectivity index (χ0n) is 11.8. The van der Waals surface area contributed by atoms with Crippen LogP contribution < -0.4 is 0 Å². The second-order valence-electron chi connectivity index (χ2n) is 4.16. The summed E-state index contributed by atoms with van der Waals surface area (Å²) >= 11 is 11.5. The predicted octanol–water partition coefficient (Wildman–Crippen LogP) is 3.59. The zero-order chi connectivity index (χ0) is 16.3. The minimum Gasteiger partial charge on any atom is -0.463 e. The van der Waals surface area contributed by atoms with Crippen molar-refractivity contribution in [3.8, 4) is 11.1 Å². The van der Waals surface area contributed by atoms with Crippen molar-refractivity contribution in [3.05, 3.63) is 35.2 Å². The van der Waals surface area contributed by atoms with E-state index in [1.54, 1.807) is 0 Å². The van der Waals surface area contributed by atoms with Crippen LogP contribution in [0.2, 0.25) is 0 Å². The van der Waals surface area contributed by atoms with Gasteiger partial charge in [0.05, 0.1) is 26.0 Å². The van der Waals surface area contributed by atoms with Gasteiger partial charge in [0, 0.05) is 11.1 Å². The molecule has 0 aliphatic carbocycles. The molecule has 0 amide bonds. The normalized spacial score (nSPS) is 10.5. The molecular formula is C14H12Cl2O6. The van der Waals surface area contributed by atoms with Gasteiger partial charge in [0.2, 0.25) is 11.5 Å². The second-order valence-corrected chi connectivity index (χ2v) is 4.70. The van der Waals surface area contributed by atoms with Crippen LogP contribution in [-0.4, -0.2) is 26.2 Å². The van der Waals surface area contributed by atoms with E-state index in [1.807, 2.05) is 0 Å². The van der Waals surface area contributed by atoms with Crippen molar-refractivity contribution in [2.24, 2.45) is 0 Å². The molecule has 0 fully saturated rings. The summed E-state index contributed by atoms with van der Waals surface area (Å²) in [5.74, 6) is -0.750. The molecule has 2 aromatic rings. The van der Waals surface area contributed by atoms with Crippen molar-refractivity contribution >= 4 is 35.1 Å². The Labute approximate surface area is 135 Å². The minimum absolute atomic E-state index is 0.0533. The summed E-state index contributed by atoms with van der Waals surface area (Å²) < 4.78 is 20.0. The minimum atomic E-state index is -0.698. The van der Waals surface area contributed by atoms with E-state index in [9.17, 15) is 9.59 Å². The first-order chi connectivity index (χ1) is 10.5. The lowest BCUT2D eigenvalue weighted by molar-refractivity contribution is 0.0553. The van der Waals surface area contributed by atoms with Crippen molar-refractivity contribution in [2.75, 3.05) is 14.2 Å². The molecule has 0 saturated carbocycles. The van der Waals surface area contributed by atoms with Gasteiger partial charge in [-0.1, -0.05) is 0 Å². The molecule has 0 spiro atoms. The largest absolute Gasteiger partial charge is 0.463 e. The van der Waals surface area contributed by atoms with Gasteiger partial charge >= 0.3 is 11.9 Å². The molecule has 0 bridgehead atoms. The van der Waals surface area contributed by atoms with Crippen molar-refractivity contribution in [1.82, 2.24) is 0 Å². The number of hydrogen-bond acceptors (Lipinski definition) is 6. The number of esters is 2. The monoisotopic (exact) mass is 346 g/mol. The van der Waals surface area contributed by atoms with Gasteiger partial charge in [-0.25, -0.2) is 9.59 Å². The molecule has 8 heteroatoms. The zero-order valence-corrected chi connectivity index (χ0v) is 13.3. The fourth-order valence-corrected chi connectivity index (χ4v) is 2.17. The van der Waals surface area contributed by atoms with Crippen molar-refractivity contribution in [2.45, 2.75) is 11.8 Å². The maximum absolute atomic E-state index is 11.8. The molecule has 0 atom stereocenters. The van der Waals surface area contributed by atoms with Crippen LogP contribution in [0, 0.1) is 0 Å². The van der Waals surface area contributed by atoms with Gasteiger partial charge in [0.25, 0.3) is 0 Å². The van der Waals surface area contributed by atoms with Crippen LogP contribution >= 0.6 is 23.2 Å². The summed E-state index contributed by atoms with van der Waals surface area (Å²) in [5.41, 5.74) is 0.644. The molecule has 0 radical (unpaired) electrons. The third-order valence-corrected chi connectivity index (χ3v) is 3.39. The number of furan rings is 2. The summed E-state index contributed by atoms with van der Waals surface area (Å²) in [6, 6.07) is 3.07. The topological polar surface area (TPSA) is 78.9 Å². The van der Waals surface area contributed by atoms with Gasteiger partial charge in [-0.05, 0) is 12.1 Å². The number of carbonyl (C=O) groups is 2. The SMILES string of the molecule is COC(=O)c1oc(CCl)cc1-c1cc(CCl)oc1C(=O)OC. The highest BCUT2D eigenvalue weighted by Crippen LogP contribution is 2.34. The number of hydrogen-bond donors (Lipinski definition) is 0. The van der Waals surface area contributed by atoms with E-state index < -0.39 is 11.9 Å². The Hall–Kier alpha value is -1.92. The molecule has 0 aliphatic rings. The summed E-state index contributed by atoms with van der Waals surface area (Å²) in [7, 11) is 2.44. The Morgan fingerprint density at radius 1 is 0.909 bits per heavy atom. The van der Waals surface area contributed by atoms with E-state index in [0.717, 1.165) is 0 Å². The molecule has 22 heavy (non-hydrogen) atoms. The number of halogens is 2. The van der Waals surface area contributed by atoms with Gasteiger partial charge in [-0.15, -0.1) is 23.2 Å². The Morgan fingerprint density at radius 3 is 1.55 bits per heavy atom. The van der Waals surface area contributed by atoms with Gasteiger partial charge in [0.15, 0.2) is 0 Å². The molecule has 0 unspecified atom stereocenters. The predicted molar refractivity (Wildman–Crippen MR) is 78.2 cm³/mol. The van der Waals surface area contributed by atoms with Crippen molar-refractivity contribution in [1.29, 1.82) is 0 Å². The Balaban J connectivity index is 2.64. The highest BCUT2D eigenvalue weighted by Gasteiger charge is 2.27. The van der Waals surface area contributed by atoms with Gasteiger partial charge in [-0.2, -0.15) is 0 Å². The van der Waals surface area contributed by atoms with Gasteiger partial charge < -0.3 is 18.3 Å². The maximum atomic E-state index is 11.8. The molecule has 2 rings (SSSR count). The molecule has 0 aromatic carbocycles. The molecule has 2 aromatic heterocycles. The van der Waals surface area contributed by atoms with E-state index in [-0.39, 0.29) is 23.3 Å². The average Bonchev–Trinajstić information content (AvgIpc) is 3.16. The first-order valence-electron chi connectivity index (χ1n) is 6.10. The van der Waals surface area contributed by atoms with Crippen molar-refractivity contribution < 1.29 is 27.9 Å². The summed E-state index contributed by atoms with van der Waals surface area (Å²) in [6.45, 7) is 0. The summed E-state index contributed by atoms with van der Waals surface area (Å²) in [6.07, 6.45) is 0. The lowest BCUT2D eigenvalue weighted by Crippen LogP contribution is -2.04. The number of methoxy groups -OCH3 is 2. The Morgan fingerprint density at radius 2 is 1.27 bits per heavy atom. The van der Waals surface area contributed by atoms with E-state index in [2.05, 4.69) is 9.47 Å². The first kappa shape index (κ1) is 16.5. The molecule has 0 N–H and O–H groups in total. The Bertz CT molecular complexity index is 640. The molecule has 0 aliphatic heterocycles. The smallest absolute Gasteiger partial charge is 0.374 e. The first-order valence-corrected chi connectivity index (χ1v) is 7.16. The lowest BCUT2D eigenvalue weighted by atomic mass is 10.1. The number of rotatable bonds is 5. The quantitative estimate of drug-likeness (QED) is 0.608. The number of alkyl halides is 2. The summed E-state index contributed by atoms with van der Waals surface area (Å²) in [4.78, 5) is 23.7. The van der Waals surface area contributed by atoms with Crippen LogP contribution in [0.15, 0.2) is 21.0 Å². The Kier molecular flexibility index (Phi) is 5.15. The van der Waals surface area contributed by atoms with Crippen LogP contribution in [0.3, 0.4) is 0 Å². The van der Waals surface area contributed by atoms with Crippen LogP contribution in [-0.2, 0) is 21.2 Å². The molecular weight excluding hydrogens is 335 g/mol. The summed E-state index contributed by atoms with van der Waals surface area (Å²) in [5, 5.41) is 0. The standard InChI is InChI=1S/C14H12Cl2O6/c1-19-13(17)11-9(3-7(5-15)21-11)10-4-8(6-16)22-12(10)14(18)20-2/h3-4H,5-6H2,1-2H3. The molecule has 2 heterocycles. The second kappa shape index (κ2) is 6.89. The highest BCUT2D eigenvalue weighted by atomic mass is 35.5. The fraction of sp³-hybridized carbons (Fsp3) is 0.286. The van der Waals surface area contributed by atoms with E-state index in [4.69, 9.17) is 32.0 Å². The van der Waals surface area contributed by atoms with E-state index >= 15 is 0 Å². The van der Waals surface area contributed by atoms with Crippen LogP contribution in [0.4, 0.5) is 0 Å². The third kappa shape index (κ3) is 2.98. The highest BCUT2D eigenvalue weighted by molar-refractivity contribution is 6.17. The fourth-order valence-electron chi connectivity index (χ4n) is 1.90. The van der Waals surface area contributed by atoms with E-state index in [0.29, 0.717) is 22.6 Å². The lowest BCUT2D eigenvalue weighted by Gasteiger charge is -2.01. The van der Waals surface area contributed by atoms with Gasteiger partial charge in [-0.3, -0.25) is 0 Å². The average molecular weight is 347 g/mol. The van der Waals surface area contributed by atoms with E-state index in [1.165, 1.54) is 26.4 Å². The number of ether oxygens (including phenoxy) is 2. The molecule has 118 valence electrons. The van der Waals surface area contributed by atoms with Crippen LogP contribution in [0.1, 0.15) is 32.6 Å². The maximum Gasteiger partial charge on any atom is 0.374 e. The van der Waals surface area contributed by atoms with Crippen LogP contribution in [0.25, 0.3) is 11.1 Å². The van der Waals surface area contributed by atoms with Gasteiger partial charge in [0.1, 0.15) is 11.5 Å². The van der Waals surface area contributed by atoms with Crippen LogP contribution in [0.5, 0.6) is 0 Å².